The van der Waals surface area contributed by atoms with E-state index >= 15 is 0 Å². The monoisotopic (exact) mass is 422 g/mol. The number of nitrogens with zero attached hydrogens (tertiary/aromatic N) is 3. The summed E-state index contributed by atoms with van der Waals surface area (Å²) in [5.41, 5.74) is 0. The van der Waals surface area contributed by atoms with Crippen LogP contribution in [0.4, 0.5) is 0 Å². The van der Waals surface area contributed by atoms with Crippen molar-refractivity contribution in [1.82, 2.24) is 15.2 Å². The second kappa shape index (κ2) is 9.61. The third kappa shape index (κ3) is 6.10. The molecular weight excluding hydrogens is 395 g/mol. The number of guanidine groups is 1. The van der Waals surface area contributed by atoms with Crippen LogP contribution < -0.4 is 5.32 Å². The molecule has 0 aliphatic carbocycles. The molecule has 2 rings (SSSR count). The van der Waals surface area contributed by atoms with Gasteiger partial charge in [0.05, 0.1) is 5.01 Å². The van der Waals surface area contributed by atoms with Crippen molar-refractivity contribution in [3.8, 4) is 0 Å². The van der Waals surface area contributed by atoms with Crippen LogP contribution in [-0.2, 0) is 6.42 Å². The Hall–Kier alpha value is -0.370. The molecule has 1 aliphatic rings. The Balaban J connectivity index is 0.00000220. The number of rotatable bonds is 4. The Kier molecular flexibility index (Phi) is 8.55. The van der Waals surface area contributed by atoms with Crippen LogP contribution in [-0.4, -0.2) is 42.0 Å². The van der Waals surface area contributed by atoms with Gasteiger partial charge in [-0.15, -0.1) is 35.3 Å². The number of hydrogen-bond donors (Lipinski definition) is 1. The largest absolute Gasteiger partial charge is 0.357 e. The minimum atomic E-state index is 0. The first kappa shape index (κ1) is 18.7. The van der Waals surface area contributed by atoms with E-state index in [0.717, 1.165) is 44.5 Å². The first-order valence-corrected chi connectivity index (χ1v) is 8.45. The maximum Gasteiger partial charge on any atom is 0.193 e. The number of aryl methyl sites for hydroxylation is 1. The van der Waals surface area contributed by atoms with E-state index in [-0.39, 0.29) is 24.0 Å². The SMILES string of the molecule is CCNC(=NCCc1ncc(C)s1)N1CCC(C)CC1.I. The van der Waals surface area contributed by atoms with Crippen LogP contribution in [0.3, 0.4) is 0 Å². The van der Waals surface area contributed by atoms with Gasteiger partial charge in [-0.2, -0.15) is 0 Å². The van der Waals surface area contributed by atoms with E-state index in [2.05, 4.69) is 36.0 Å². The zero-order valence-electron chi connectivity index (χ0n) is 13.3. The Labute approximate surface area is 149 Å². The van der Waals surface area contributed by atoms with Crippen LogP contribution in [0.5, 0.6) is 0 Å². The summed E-state index contributed by atoms with van der Waals surface area (Å²) in [6.45, 7) is 10.6. The Morgan fingerprint density at radius 2 is 2.19 bits per heavy atom. The molecule has 4 nitrogen and oxygen atoms in total. The summed E-state index contributed by atoms with van der Waals surface area (Å²) in [7, 11) is 0. The van der Waals surface area contributed by atoms with Crippen molar-refractivity contribution in [3.63, 3.8) is 0 Å². The van der Waals surface area contributed by atoms with E-state index in [0.29, 0.717) is 0 Å². The van der Waals surface area contributed by atoms with Crippen LogP contribution in [0.25, 0.3) is 0 Å². The molecule has 1 aromatic heterocycles. The third-order valence-electron chi connectivity index (χ3n) is 3.67. The lowest BCUT2D eigenvalue weighted by Crippen LogP contribution is -2.45. The minimum Gasteiger partial charge on any atom is -0.357 e. The molecule has 0 aromatic carbocycles. The predicted octanol–water partition coefficient (Wildman–Crippen LogP) is 3.31. The van der Waals surface area contributed by atoms with E-state index in [1.54, 1.807) is 11.3 Å². The highest BCUT2D eigenvalue weighted by atomic mass is 127. The summed E-state index contributed by atoms with van der Waals surface area (Å²) >= 11 is 1.77. The van der Waals surface area contributed by atoms with Gasteiger partial charge < -0.3 is 10.2 Å². The van der Waals surface area contributed by atoms with Crippen molar-refractivity contribution in [3.05, 3.63) is 16.1 Å². The van der Waals surface area contributed by atoms with E-state index < -0.39 is 0 Å². The lowest BCUT2D eigenvalue weighted by atomic mass is 10.00. The molecule has 21 heavy (non-hydrogen) atoms. The van der Waals surface area contributed by atoms with Crippen molar-refractivity contribution in [1.29, 1.82) is 0 Å². The van der Waals surface area contributed by atoms with Crippen molar-refractivity contribution in [2.24, 2.45) is 10.9 Å². The fourth-order valence-electron chi connectivity index (χ4n) is 2.42. The first-order chi connectivity index (χ1) is 9.69. The smallest absolute Gasteiger partial charge is 0.193 e. The molecule has 0 amide bonds. The zero-order chi connectivity index (χ0) is 14.4. The predicted molar refractivity (Wildman–Crippen MR) is 102 cm³/mol. The number of nitrogens with one attached hydrogen (secondary N) is 1. The Bertz CT molecular complexity index is 439. The Morgan fingerprint density at radius 3 is 2.76 bits per heavy atom. The summed E-state index contributed by atoms with van der Waals surface area (Å²) in [6, 6.07) is 0. The topological polar surface area (TPSA) is 40.5 Å². The average molecular weight is 422 g/mol. The molecule has 120 valence electrons. The highest BCUT2D eigenvalue weighted by Gasteiger charge is 2.18. The van der Waals surface area contributed by atoms with Crippen LogP contribution in [0.1, 0.15) is 36.6 Å². The Morgan fingerprint density at radius 1 is 1.48 bits per heavy atom. The van der Waals surface area contributed by atoms with Crippen molar-refractivity contribution >= 4 is 41.3 Å². The highest BCUT2D eigenvalue weighted by molar-refractivity contribution is 14.0. The lowest BCUT2D eigenvalue weighted by molar-refractivity contribution is 0.273. The van der Waals surface area contributed by atoms with E-state index in [1.807, 2.05) is 6.20 Å². The molecule has 0 unspecified atom stereocenters. The van der Waals surface area contributed by atoms with E-state index in [4.69, 9.17) is 4.99 Å². The van der Waals surface area contributed by atoms with Gasteiger partial charge in [-0.25, -0.2) is 4.98 Å². The number of thiazole rings is 1. The molecule has 1 N–H and O–H groups in total. The van der Waals surface area contributed by atoms with Crippen molar-refractivity contribution in [2.45, 2.75) is 40.0 Å². The van der Waals surface area contributed by atoms with Crippen LogP contribution >= 0.6 is 35.3 Å². The molecular formula is C15H27IN4S. The zero-order valence-corrected chi connectivity index (χ0v) is 16.4. The number of hydrogen-bond acceptors (Lipinski definition) is 3. The summed E-state index contributed by atoms with van der Waals surface area (Å²) < 4.78 is 0. The van der Waals surface area contributed by atoms with Crippen LogP contribution in [0.2, 0.25) is 0 Å². The molecule has 0 spiro atoms. The summed E-state index contributed by atoms with van der Waals surface area (Å²) in [5, 5.41) is 4.61. The number of aliphatic imine (C=N–C) groups is 1. The second-order valence-corrected chi connectivity index (χ2v) is 6.84. The molecule has 1 saturated heterocycles. The first-order valence-electron chi connectivity index (χ1n) is 7.63. The molecule has 1 aliphatic heterocycles. The maximum atomic E-state index is 4.76. The van der Waals surface area contributed by atoms with Crippen LogP contribution in [0.15, 0.2) is 11.2 Å². The number of aromatic nitrogens is 1. The molecule has 0 radical (unpaired) electrons. The molecule has 6 heteroatoms. The standard InChI is InChI=1S/C15H26N4S.HI/c1-4-16-15(19-9-6-12(2)7-10-19)17-8-5-14-18-11-13(3)20-14;/h11-12H,4-10H2,1-3H3,(H,16,17);1H. The number of likely N-dealkylation sites (tertiary alicyclic amines) is 1. The molecule has 0 atom stereocenters. The van der Waals surface area contributed by atoms with Gasteiger partial charge in [0.2, 0.25) is 0 Å². The number of piperidine rings is 1. The second-order valence-electron chi connectivity index (χ2n) is 5.52. The van der Waals surface area contributed by atoms with Crippen molar-refractivity contribution in [2.75, 3.05) is 26.2 Å². The fourth-order valence-corrected chi connectivity index (χ4v) is 3.20. The summed E-state index contributed by atoms with van der Waals surface area (Å²) in [4.78, 5) is 12.8. The van der Waals surface area contributed by atoms with Gasteiger partial charge in [0.1, 0.15) is 0 Å². The summed E-state index contributed by atoms with van der Waals surface area (Å²) in [6.07, 6.45) is 5.44. The van der Waals surface area contributed by atoms with E-state index in [9.17, 15) is 0 Å². The van der Waals surface area contributed by atoms with E-state index in [1.165, 1.54) is 22.7 Å². The van der Waals surface area contributed by atoms with Gasteiger partial charge in [0, 0.05) is 43.7 Å². The molecule has 2 heterocycles. The fraction of sp³-hybridized carbons (Fsp3) is 0.733. The van der Waals surface area contributed by atoms with Gasteiger partial charge in [-0.3, -0.25) is 4.99 Å². The quantitative estimate of drug-likeness (QED) is 0.460. The minimum absolute atomic E-state index is 0. The van der Waals surface area contributed by atoms with Crippen LogP contribution in [0, 0.1) is 12.8 Å². The molecule has 1 aromatic rings. The average Bonchev–Trinajstić information content (AvgIpc) is 2.84. The summed E-state index contributed by atoms with van der Waals surface area (Å²) in [5.74, 6) is 1.93. The maximum absolute atomic E-state index is 4.76. The third-order valence-corrected chi connectivity index (χ3v) is 4.65. The van der Waals surface area contributed by atoms with Crippen molar-refractivity contribution < 1.29 is 0 Å². The normalized spacial score (nSPS) is 16.7. The van der Waals surface area contributed by atoms with Gasteiger partial charge >= 0.3 is 0 Å². The highest BCUT2D eigenvalue weighted by Crippen LogP contribution is 2.16. The molecule has 0 bridgehead atoms. The van der Waals surface area contributed by atoms with Gasteiger partial charge in [0.15, 0.2) is 5.96 Å². The van der Waals surface area contributed by atoms with Gasteiger partial charge in [-0.1, -0.05) is 6.92 Å². The van der Waals surface area contributed by atoms with Gasteiger partial charge in [0.25, 0.3) is 0 Å². The number of halogens is 1. The van der Waals surface area contributed by atoms with Gasteiger partial charge in [-0.05, 0) is 32.6 Å². The molecule has 0 saturated carbocycles. The molecule has 1 fully saturated rings. The lowest BCUT2D eigenvalue weighted by Gasteiger charge is -2.33.